The van der Waals surface area contributed by atoms with Crippen LogP contribution in [0.1, 0.15) is 64.5 Å². The van der Waals surface area contributed by atoms with Crippen LogP contribution in [0, 0.1) is 5.41 Å². The molecule has 1 atom stereocenters. The normalized spacial score (nSPS) is 21.9. The van der Waals surface area contributed by atoms with Crippen LogP contribution in [-0.4, -0.2) is 19.3 Å². The molecule has 0 heterocycles. The maximum Gasteiger partial charge on any atom is 0.0872 e. The van der Waals surface area contributed by atoms with Gasteiger partial charge in [-0.25, -0.2) is 0 Å². The van der Waals surface area contributed by atoms with E-state index in [0.717, 1.165) is 25.8 Å². The minimum absolute atomic E-state index is 0.0634. The van der Waals surface area contributed by atoms with E-state index in [-0.39, 0.29) is 5.60 Å². The summed E-state index contributed by atoms with van der Waals surface area (Å²) in [4.78, 5) is 0. The second-order valence-electron chi connectivity index (χ2n) is 7.23. The Labute approximate surface area is 130 Å². The molecule has 21 heavy (non-hydrogen) atoms. The maximum absolute atomic E-state index is 6.12. The molecule has 0 bridgehead atoms. The molecule has 2 rings (SSSR count). The van der Waals surface area contributed by atoms with Gasteiger partial charge in [0.25, 0.3) is 0 Å². The summed E-state index contributed by atoms with van der Waals surface area (Å²) in [5, 5.41) is 3.75. The highest BCUT2D eigenvalue weighted by Gasteiger charge is 2.44. The molecule has 1 saturated carbocycles. The summed E-state index contributed by atoms with van der Waals surface area (Å²) in [7, 11) is 1.89. The van der Waals surface area contributed by atoms with E-state index < -0.39 is 0 Å². The second kappa shape index (κ2) is 6.93. The smallest absolute Gasteiger partial charge is 0.0872 e. The molecule has 0 saturated heterocycles. The summed E-state index contributed by atoms with van der Waals surface area (Å²) < 4.78 is 6.12. The van der Waals surface area contributed by atoms with Gasteiger partial charge < -0.3 is 10.1 Å². The van der Waals surface area contributed by atoms with Crippen LogP contribution in [0.25, 0.3) is 0 Å². The Morgan fingerprint density at radius 2 is 1.71 bits per heavy atom. The van der Waals surface area contributed by atoms with E-state index in [1.165, 1.54) is 18.4 Å². The Hall–Kier alpha value is -0.860. The van der Waals surface area contributed by atoms with Crippen LogP contribution in [0.3, 0.4) is 0 Å². The van der Waals surface area contributed by atoms with Crippen molar-refractivity contribution in [1.29, 1.82) is 0 Å². The number of ether oxygens (including phenoxy) is 1. The number of methoxy groups -OCH3 is 1. The van der Waals surface area contributed by atoms with Crippen molar-refractivity contribution < 1.29 is 4.74 Å². The lowest BCUT2D eigenvalue weighted by molar-refractivity contribution is -0.0875. The number of hydrogen-bond donors (Lipinski definition) is 1. The van der Waals surface area contributed by atoms with Gasteiger partial charge in [0.2, 0.25) is 0 Å². The van der Waals surface area contributed by atoms with Crippen molar-refractivity contribution in [1.82, 2.24) is 5.32 Å². The van der Waals surface area contributed by atoms with Gasteiger partial charge in [-0.05, 0) is 49.6 Å². The van der Waals surface area contributed by atoms with Gasteiger partial charge in [0.05, 0.1) is 11.6 Å². The van der Waals surface area contributed by atoms with Crippen molar-refractivity contribution in [3.05, 3.63) is 35.9 Å². The molecule has 0 aliphatic heterocycles. The zero-order valence-electron chi connectivity index (χ0n) is 14.1. The third-order valence-electron chi connectivity index (χ3n) is 5.11. The van der Waals surface area contributed by atoms with E-state index in [9.17, 15) is 0 Å². The highest BCUT2D eigenvalue weighted by Crippen LogP contribution is 2.47. The van der Waals surface area contributed by atoms with Gasteiger partial charge in [-0.1, -0.05) is 51.1 Å². The zero-order chi connectivity index (χ0) is 15.3. The van der Waals surface area contributed by atoms with Crippen LogP contribution in [-0.2, 0) is 4.74 Å². The van der Waals surface area contributed by atoms with Gasteiger partial charge in [0.15, 0.2) is 0 Å². The van der Waals surface area contributed by atoms with Crippen LogP contribution in [0.4, 0.5) is 0 Å². The lowest BCUT2D eigenvalue weighted by atomic mass is 9.67. The van der Waals surface area contributed by atoms with E-state index in [1.807, 2.05) is 7.11 Å². The van der Waals surface area contributed by atoms with Gasteiger partial charge >= 0.3 is 0 Å². The largest absolute Gasteiger partial charge is 0.376 e. The van der Waals surface area contributed by atoms with Gasteiger partial charge in [0.1, 0.15) is 0 Å². The predicted molar refractivity (Wildman–Crippen MR) is 89.5 cm³/mol. The molecule has 2 nitrogen and oxygen atoms in total. The van der Waals surface area contributed by atoms with Gasteiger partial charge in [-0.2, -0.15) is 0 Å². The molecule has 0 aromatic heterocycles. The van der Waals surface area contributed by atoms with Gasteiger partial charge in [0, 0.05) is 7.11 Å². The fourth-order valence-corrected chi connectivity index (χ4v) is 3.50. The monoisotopic (exact) mass is 289 g/mol. The number of nitrogens with one attached hydrogen (secondary N) is 1. The van der Waals surface area contributed by atoms with Crippen molar-refractivity contribution in [3.8, 4) is 0 Å². The molecule has 1 unspecified atom stereocenters. The molecule has 2 heteroatoms. The Morgan fingerprint density at radius 1 is 1.10 bits per heavy atom. The third-order valence-corrected chi connectivity index (χ3v) is 5.11. The fraction of sp³-hybridized carbons (Fsp3) is 0.684. The van der Waals surface area contributed by atoms with E-state index in [2.05, 4.69) is 56.4 Å². The molecule has 0 spiro atoms. The summed E-state index contributed by atoms with van der Waals surface area (Å²) in [6.45, 7) is 8.01. The fourth-order valence-electron chi connectivity index (χ4n) is 3.50. The summed E-state index contributed by atoms with van der Waals surface area (Å²) in [5.41, 5.74) is 1.74. The molecule has 1 aliphatic rings. The predicted octanol–water partition coefficient (Wildman–Crippen LogP) is 4.71. The molecule has 1 aromatic carbocycles. The Kier molecular flexibility index (Phi) is 5.45. The average molecular weight is 289 g/mol. The van der Waals surface area contributed by atoms with Crippen LogP contribution in [0.15, 0.2) is 30.3 Å². The Bertz CT molecular complexity index is 416. The van der Waals surface area contributed by atoms with Crippen molar-refractivity contribution in [2.24, 2.45) is 5.41 Å². The lowest BCUT2D eigenvalue weighted by Gasteiger charge is -2.47. The molecule has 118 valence electrons. The van der Waals surface area contributed by atoms with Gasteiger partial charge in [-0.3, -0.25) is 0 Å². The van der Waals surface area contributed by atoms with E-state index in [1.54, 1.807) is 0 Å². The maximum atomic E-state index is 6.12. The summed E-state index contributed by atoms with van der Waals surface area (Å²) in [6, 6.07) is 11.1. The van der Waals surface area contributed by atoms with Gasteiger partial charge in [-0.15, -0.1) is 0 Å². The first-order valence-electron chi connectivity index (χ1n) is 8.36. The van der Waals surface area contributed by atoms with Crippen LogP contribution >= 0.6 is 0 Å². The second-order valence-corrected chi connectivity index (χ2v) is 7.23. The van der Waals surface area contributed by atoms with Crippen LogP contribution in [0.5, 0.6) is 0 Å². The SMILES string of the molecule is CCCNC(c1ccccc1)C1(OC)CCC(C)(C)CC1. The number of benzene rings is 1. The number of rotatable bonds is 6. The first-order chi connectivity index (χ1) is 10.0. The molecular weight excluding hydrogens is 258 g/mol. The van der Waals surface area contributed by atoms with Crippen molar-refractivity contribution in [2.75, 3.05) is 13.7 Å². The molecular formula is C19H31NO. The summed E-state index contributed by atoms with van der Waals surface area (Å²) in [6.07, 6.45) is 5.88. The average Bonchev–Trinajstić information content (AvgIpc) is 2.50. The topological polar surface area (TPSA) is 21.3 Å². The lowest BCUT2D eigenvalue weighted by Crippen LogP contribution is -2.49. The Balaban J connectivity index is 2.25. The molecule has 1 N–H and O–H groups in total. The minimum atomic E-state index is -0.0634. The highest BCUT2D eigenvalue weighted by atomic mass is 16.5. The summed E-state index contributed by atoms with van der Waals surface area (Å²) in [5.74, 6) is 0. The molecule has 1 aromatic rings. The van der Waals surface area contributed by atoms with E-state index in [4.69, 9.17) is 4.74 Å². The molecule has 1 fully saturated rings. The zero-order valence-corrected chi connectivity index (χ0v) is 14.1. The first kappa shape index (κ1) is 16.5. The Morgan fingerprint density at radius 3 is 2.24 bits per heavy atom. The molecule has 0 radical (unpaired) electrons. The summed E-state index contributed by atoms with van der Waals surface area (Å²) >= 11 is 0. The van der Waals surface area contributed by atoms with E-state index in [0.29, 0.717) is 11.5 Å². The minimum Gasteiger partial charge on any atom is -0.376 e. The number of hydrogen-bond acceptors (Lipinski definition) is 2. The van der Waals surface area contributed by atoms with Crippen LogP contribution < -0.4 is 5.32 Å². The van der Waals surface area contributed by atoms with Crippen LogP contribution in [0.2, 0.25) is 0 Å². The quantitative estimate of drug-likeness (QED) is 0.818. The van der Waals surface area contributed by atoms with Crippen molar-refractivity contribution >= 4 is 0 Å². The highest BCUT2D eigenvalue weighted by molar-refractivity contribution is 5.23. The molecule has 0 amide bonds. The van der Waals surface area contributed by atoms with Crippen molar-refractivity contribution in [3.63, 3.8) is 0 Å². The third kappa shape index (κ3) is 3.87. The first-order valence-corrected chi connectivity index (χ1v) is 8.36. The standard InChI is InChI=1S/C19H31NO/c1-5-15-20-17(16-9-7-6-8-10-16)19(21-4)13-11-18(2,3)12-14-19/h6-10,17,20H,5,11-15H2,1-4H3. The van der Waals surface area contributed by atoms with E-state index >= 15 is 0 Å². The molecule has 1 aliphatic carbocycles. The van der Waals surface area contributed by atoms with Crippen molar-refractivity contribution in [2.45, 2.75) is 64.5 Å².